The molecule has 1 amide bonds. The number of nitrogens with zero attached hydrogens (tertiary/aromatic N) is 3. The molecule has 0 bridgehead atoms. The van der Waals surface area contributed by atoms with Crippen LogP contribution in [-0.2, 0) is 17.5 Å². The van der Waals surface area contributed by atoms with Gasteiger partial charge in [0.1, 0.15) is 12.3 Å². The van der Waals surface area contributed by atoms with Gasteiger partial charge in [-0.25, -0.2) is 5.43 Å². The maximum absolute atomic E-state index is 12.5. The molecule has 0 fully saturated rings. The molecule has 1 aliphatic carbocycles. The van der Waals surface area contributed by atoms with E-state index in [0.29, 0.717) is 11.1 Å². The second kappa shape index (κ2) is 6.04. The first-order chi connectivity index (χ1) is 12.8. The Bertz CT molecular complexity index is 1110. The highest BCUT2D eigenvalue weighted by atomic mass is 19.4. The van der Waals surface area contributed by atoms with Gasteiger partial charge in [-0.3, -0.25) is 14.3 Å². The average Bonchev–Trinajstić information content (AvgIpc) is 3.19. The maximum Gasteiger partial charge on any atom is 0.435 e. The molecule has 4 rings (SSSR count). The highest BCUT2D eigenvalue weighted by Crippen LogP contribution is 2.31. The largest absolute Gasteiger partial charge is 0.435 e. The van der Waals surface area contributed by atoms with E-state index in [1.807, 2.05) is 12.1 Å². The first-order valence-electron chi connectivity index (χ1n) is 7.88. The van der Waals surface area contributed by atoms with E-state index in [9.17, 15) is 22.8 Å². The van der Waals surface area contributed by atoms with E-state index in [4.69, 9.17) is 0 Å². The first-order valence-corrected chi connectivity index (χ1v) is 7.88. The number of halogens is 3. The second-order valence-electron chi connectivity index (χ2n) is 5.93. The smallest absolute Gasteiger partial charge is 0.287 e. The van der Waals surface area contributed by atoms with E-state index in [1.54, 1.807) is 24.3 Å². The molecule has 0 saturated heterocycles. The molecule has 0 saturated carbocycles. The van der Waals surface area contributed by atoms with Crippen LogP contribution in [0.25, 0.3) is 10.8 Å². The zero-order chi connectivity index (χ0) is 19.2. The summed E-state index contributed by atoms with van der Waals surface area (Å²) in [5, 5.41) is 8.84. The van der Waals surface area contributed by atoms with Gasteiger partial charge in [0.15, 0.2) is 5.69 Å². The van der Waals surface area contributed by atoms with Crippen LogP contribution < -0.4 is 5.43 Å². The van der Waals surface area contributed by atoms with Gasteiger partial charge in [0, 0.05) is 22.7 Å². The van der Waals surface area contributed by atoms with Crippen molar-refractivity contribution in [2.75, 3.05) is 0 Å². The maximum atomic E-state index is 12.5. The summed E-state index contributed by atoms with van der Waals surface area (Å²) in [7, 11) is 0. The average molecular weight is 372 g/mol. The third-order valence-corrected chi connectivity index (χ3v) is 4.15. The van der Waals surface area contributed by atoms with Gasteiger partial charge in [-0.15, -0.1) is 0 Å². The minimum absolute atomic E-state index is 0.0894. The van der Waals surface area contributed by atoms with Gasteiger partial charge in [-0.1, -0.05) is 36.4 Å². The van der Waals surface area contributed by atoms with Gasteiger partial charge in [0.05, 0.1) is 0 Å². The van der Waals surface area contributed by atoms with Crippen LogP contribution in [-0.4, -0.2) is 27.2 Å². The van der Waals surface area contributed by atoms with E-state index >= 15 is 0 Å². The third kappa shape index (κ3) is 2.97. The molecular weight excluding hydrogens is 361 g/mol. The Labute approximate surface area is 150 Å². The number of ketones is 1. The number of carbonyl (C=O) groups is 2. The number of hydrogen-bond donors (Lipinski definition) is 1. The van der Waals surface area contributed by atoms with Gasteiger partial charge < -0.3 is 0 Å². The van der Waals surface area contributed by atoms with Crippen molar-refractivity contribution in [3.05, 3.63) is 65.5 Å². The van der Waals surface area contributed by atoms with E-state index in [1.165, 1.54) is 0 Å². The molecular formula is C18H11F3N4O2. The summed E-state index contributed by atoms with van der Waals surface area (Å²) in [6.45, 7) is -0.460. The van der Waals surface area contributed by atoms with Crippen molar-refractivity contribution in [1.29, 1.82) is 0 Å². The molecule has 0 spiro atoms. The van der Waals surface area contributed by atoms with Crippen LogP contribution >= 0.6 is 0 Å². The molecule has 6 nitrogen and oxygen atoms in total. The third-order valence-electron chi connectivity index (χ3n) is 4.15. The lowest BCUT2D eigenvalue weighted by Gasteiger charge is -2.03. The zero-order valence-electron chi connectivity index (χ0n) is 13.6. The lowest BCUT2D eigenvalue weighted by Crippen LogP contribution is -2.26. The zero-order valence-corrected chi connectivity index (χ0v) is 13.6. The second-order valence-corrected chi connectivity index (χ2v) is 5.93. The van der Waals surface area contributed by atoms with Crippen molar-refractivity contribution in [3.8, 4) is 0 Å². The molecule has 0 atom stereocenters. The lowest BCUT2D eigenvalue weighted by molar-refractivity contribution is -0.141. The number of hydrogen-bond acceptors (Lipinski definition) is 4. The number of amides is 1. The number of alkyl halides is 3. The summed E-state index contributed by atoms with van der Waals surface area (Å²) in [5.41, 5.74) is 2.32. The van der Waals surface area contributed by atoms with E-state index in [2.05, 4.69) is 15.6 Å². The standard InChI is InChI=1S/C18H11F3N4O2/c19-18(20,21)13-7-8-25(24-13)9-14(26)22-23-16-11-5-1-3-10-4-2-6-12(15(10)11)17(16)27/h1-8H,9H2,(H,22,26). The normalized spacial score (nSPS) is 14.9. The molecule has 0 unspecified atom stereocenters. The number of nitrogens with one attached hydrogen (secondary N) is 1. The van der Waals surface area contributed by atoms with E-state index in [-0.39, 0.29) is 11.5 Å². The van der Waals surface area contributed by atoms with Crippen molar-refractivity contribution in [2.24, 2.45) is 5.10 Å². The highest BCUT2D eigenvalue weighted by Gasteiger charge is 2.33. The van der Waals surface area contributed by atoms with Crippen LogP contribution in [0.1, 0.15) is 21.6 Å². The molecule has 1 aromatic heterocycles. The van der Waals surface area contributed by atoms with Gasteiger partial charge in [0.25, 0.3) is 5.91 Å². The molecule has 27 heavy (non-hydrogen) atoms. The molecule has 136 valence electrons. The number of aromatic nitrogens is 2. The van der Waals surface area contributed by atoms with Gasteiger partial charge in [-0.05, 0) is 11.5 Å². The predicted octanol–water partition coefficient (Wildman–Crippen LogP) is 2.77. The fourth-order valence-corrected chi connectivity index (χ4v) is 2.99. The quantitative estimate of drug-likeness (QED) is 0.719. The molecule has 0 aliphatic heterocycles. The first kappa shape index (κ1) is 17.0. The molecule has 3 aromatic rings. The minimum atomic E-state index is -4.58. The fourth-order valence-electron chi connectivity index (χ4n) is 2.99. The van der Waals surface area contributed by atoms with E-state index in [0.717, 1.165) is 27.7 Å². The molecule has 1 heterocycles. The Morgan fingerprint density at radius 1 is 1.11 bits per heavy atom. The number of Topliss-reactive ketones (excluding diaryl/α,β-unsaturated/α-hetero) is 1. The predicted molar refractivity (Wildman–Crippen MR) is 90.2 cm³/mol. The van der Waals surface area contributed by atoms with Crippen LogP contribution in [0.3, 0.4) is 0 Å². The van der Waals surface area contributed by atoms with Crippen LogP contribution in [0, 0.1) is 0 Å². The summed E-state index contributed by atoms with van der Waals surface area (Å²) in [4.78, 5) is 24.5. The Morgan fingerprint density at radius 3 is 2.48 bits per heavy atom. The minimum Gasteiger partial charge on any atom is -0.287 e. The van der Waals surface area contributed by atoms with Crippen LogP contribution in [0.5, 0.6) is 0 Å². The Morgan fingerprint density at radius 2 is 1.81 bits per heavy atom. The van der Waals surface area contributed by atoms with Crippen LogP contribution in [0.15, 0.2) is 53.8 Å². The van der Waals surface area contributed by atoms with Gasteiger partial charge in [0.2, 0.25) is 5.78 Å². The monoisotopic (exact) mass is 372 g/mol. The van der Waals surface area contributed by atoms with Gasteiger partial charge in [-0.2, -0.15) is 23.4 Å². The number of carbonyl (C=O) groups excluding carboxylic acids is 2. The summed E-state index contributed by atoms with van der Waals surface area (Å²) in [5.74, 6) is -1.02. The van der Waals surface area contributed by atoms with Crippen molar-refractivity contribution < 1.29 is 22.8 Å². The molecule has 0 radical (unpaired) electrons. The topological polar surface area (TPSA) is 76.3 Å². The van der Waals surface area contributed by atoms with Gasteiger partial charge >= 0.3 is 6.18 Å². The molecule has 9 heteroatoms. The summed E-state index contributed by atoms with van der Waals surface area (Å²) in [6.07, 6.45) is -3.53. The fraction of sp³-hybridized carbons (Fsp3) is 0.111. The van der Waals surface area contributed by atoms with Crippen molar-refractivity contribution >= 4 is 28.2 Å². The van der Waals surface area contributed by atoms with Crippen molar-refractivity contribution in [3.63, 3.8) is 0 Å². The van der Waals surface area contributed by atoms with E-state index < -0.39 is 24.3 Å². The van der Waals surface area contributed by atoms with Crippen LogP contribution in [0.4, 0.5) is 13.2 Å². The Hall–Kier alpha value is -3.49. The Balaban J connectivity index is 1.54. The van der Waals surface area contributed by atoms with Crippen molar-refractivity contribution in [1.82, 2.24) is 15.2 Å². The molecule has 2 aromatic carbocycles. The number of benzene rings is 2. The highest BCUT2D eigenvalue weighted by molar-refractivity contribution is 6.59. The number of rotatable bonds is 3. The number of hydrazone groups is 1. The van der Waals surface area contributed by atoms with Crippen LogP contribution in [0.2, 0.25) is 0 Å². The van der Waals surface area contributed by atoms with Crippen molar-refractivity contribution in [2.45, 2.75) is 12.7 Å². The Kier molecular flexibility index (Phi) is 3.79. The summed E-state index contributed by atoms with van der Waals surface area (Å²) in [6, 6.07) is 11.5. The molecule has 1 aliphatic rings. The summed E-state index contributed by atoms with van der Waals surface area (Å²) < 4.78 is 38.5. The summed E-state index contributed by atoms with van der Waals surface area (Å²) >= 11 is 0. The SMILES string of the molecule is O=C(Cn1ccc(C(F)(F)F)n1)NN=C1C(=O)c2cccc3cccc1c23. The molecule has 1 N–H and O–H groups in total. The lowest BCUT2D eigenvalue weighted by atomic mass is 10.1.